The van der Waals surface area contributed by atoms with Crippen molar-refractivity contribution in [2.45, 2.75) is 27.2 Å². The van der Waals surface area contributed by atoms with Gasteiger partial charge >= 0.3 is 0 Å². The van der Waals surface area contributed by atoms with E-state index < -0.39 is 0 Å². The maximum atomic E-state index is 13.5. The van der Waals surface area contributed by atoms with Crippen LogP contribution in [0.25, 0.3) is 22.2 Å². The van der Waals surface area contributed by atoms with Gasteiger partial charge in [0, 0.05) is 22.2 Å². The summed E-state index contributed by atoms with van der Waals surface area (Å²) in [5.74, 6) is 0.412. The van der Waals surface area contributed by atoms with Gasteiger partial charge in [0.15, 0.2) is 11.5 Å². The third-order valence-electron chi connectivity index (χ3n) is 7.40. The van der Waals surface area contributed by atoms with E-state index in [2.05, 4.69) is 34.9 Å². The fraction of sp³-hybridized carbons (Fsp3) is 0.167. The molecule has 2 amide bonds. The number of rotatable bonds is 9. The second-order valence-electron chi connectivity index (χ2n) is 10.4. The Kier molecular flexibility index (Phi) is 9.00. The molecule has 1 aromatic heterocycles. The number of ether oxygens (including phenoxy) is 2. The third-order valence-corrected chi connectivity index (χ3v) is 7.40. The summed E-state index contributed by atoms with van der Waals surface area (Å²) in [6.07, 6.45) is 0.951. The summed E-state index contributed by atoms with van der Waals surface area (Å²) in [6.45, 7) is 5.92. The number of nitrogens with zero attached hydrogens (tertiary/aromatic N) is 2. The zero-order valence-corrected chi connectivity index (χ0v) is 25.4. The van der Waals surface area contributed by atoms with E-state index in [4.69, 9.17) is 14.5 Å². The van der Waals surface area contributed by atoms with Gasteiger partial charge in [0.1, 0.15) is 0 Å². The summed E-state index contributed by atoms with van der Waals surface area (Å²) in [5.41, 5.74) is 10.4. The van der Waals surface area contributed by atoms with Crippen molar-refractivity contribution in [3.8, 4) is 22.8 Å². The molecule has 0 fully saturated rings. The van der Waals surface area contributed by atoms with Gasteiger partial charge in [-0.3, -0.25) is 9.59 Å². The summed E-state index contributed by atoms with van der Waals surface area (Å²) in [7, 11) is 3.06. The van der Waals surface area contributed by atoms with Gasteiger partial charge in [0.2, 0.25) is 0 Å². The van der Waals surface area contributed by atoms with Gasteiger partial charge in [-0.1, -0.05) is 55.0 Å². The number of benzene rings is 4. The summed E-state index contributed by atoms with van der Waals surface area (Å²) in [4.78, 5) is 31.1. The second kappa shape index (κ2) is 13.2. The minimum Gasteiger partial charge on any atom is -0.493 e. The maximum absolute atomic E-state index is 13.5. The highest BCUT2D eigenvalue weighted by atomic mass is 16.5. The van der Waals surface area contributed by atoms with E-state index in [0.717, 1.165) is 39.7 Å². The monoisotopic (exact) mass is 586 g/mol. The molecule has 0 saturated heterocycles. The van der Waals surface area contributed by atoms with Crippen LogP contribution in [0.2, 0.25) is 0 Å². The molecule has 5 rings (SSSR count). The smallest absolute Gasteiger partial charge is 0.272 e. The number of hydrogen-bond donors (Lipinski definition) is 2. The molecule has 0 radical (unpaired) electrons. The number of aryl methyl sites for hydroxylation is 2. The van der Waals surface area contributed by atoms with Crippen LogP contribution in [0.5, 0.6) is 11.5 Å². The standard InChI is InChI=1S/C36H34N4O4/c1-6-24-8-10-26(11-9-24)32-21-30(29-19-22(2)7-17-31(29)38-32)36(42)40-39-23(3)25-12-15-28(16-13-25)37-35(41)27-14-18-33(43-4)34(20-27)44-5/h7-21H,6H2,1-5H3,(H,37,41)(H,40,42). The van der Waals surface area contributed by atoms with Crippen LogP contribution in [-0.4, -0.2) is 36.7 Å². The highest BCUT2D eigenvalue weighted by molar-refractivity contribution is 6.08. The zero-order chi connectivity index (χ0) is 31.2. The number of hydrazone groups is 1. The number of pyridine rings is 1. The number of aromatic nitrogens is 1. The van der Waals surface area contributed by atoms with Crippen molar-refractivity contribution in [2.24, 2.45) is 5.10 Å². The first-order valence-corrected chi connectivity index (χ1v) is 14.3. The van der Waals surface area contributed by atoms with Crippen LogP contribution >= 0.6 is 0 Å². The molecule has 0 saturated carbocycles. The third kappa shape index (κ3) is 6.60. The lowest BCUT2D eigenvalue weighted by molar-refractivity contribution is 0.0955. The molecule has 44 heavy (non-hydrogen) atoms. The molecule has 222 valence electrons. The fourth-order valence-electron chi connectivity index (χ4n) is 4.82. The molecule has 0 spiro atoms. The van der Waals surface area contributed by atoms with Crippen molar-refractivity contribution in [1.29, 1.82) is 0 Å². The number of amides is 2. The van der Waals surface area contributed by atoms with E-state index in [1.807, 2.05) is 62.4 Å². The predicted molar refractivity (Wildman–Crippen MR) is 175 cm³/mol. The second-order valence-corrected chi connectivity index (χ2v) is 10.4. The van der Waals surface area contributed by atoms with Gasteiger partial charge in [-0.05, 0) is 79.9 Å². The van der Waals surface area contributed by atoms with Crippen LogP contribution in [0.15, 0.2) is 96.1 Å². The molecule has 0 atom stereocenters. The number of fused-ring (bicyclic) bond motifs is 1. The highest BCUT2D eigenvalue weighted by Gasteiger charge is 2.15. The van der Waals surface area contributed by atoms with E-state index in [1.54, 1.807) is 37.4 Å². The summed E-state index contributed by atoms with van der Waals surface area (Å²) >= 11 is 0. The average molecular weight is 587 g/mol. The Balaban J connectivity index is 1.33. The SMILES string of the molecule is CCc1ccc(-c2cc(C(=O)NN=C(C)c3ccc(NC(=O)c4ccc(OC)c(OC)c4)cc3)c3cc(C)ccc3n2)cc1. The van der Waals surface area contributed by atoms with E-state index in [-0.39, 0.29) is 11.8 Å². The number of hydrogen-bond acceptors (Lipinski definition) is 6. The number of carbonyl (C=O) groups is 2. The minimum absolute atomic E-state index is 0.281. The van der Waals surface area contributed by atoms with Crippen molar-refractivity contribution in [3.05, 3.63) is 119 Å². The molecule has 0 unspecified atom stereocenters. The topological polar surface area (TPSA) is 102 Å². The van der Waals surface area contributed by atoms with Gasteiger partial charge in [-0.15, -0.1) is 0 Å². The zero-order valence-electron chi connectivity index (χ0n) is 25.4. The first-order valence-electron chi connectivity index (χ1n) is 14.3. The van der Waals surface area contributed by atoms with E-state index in [1.165, 1.54) is 12.7 Å². The molecule has 8 heteroatoms. The van der Waals surface area contributed by atoms with Crippen LogP contribution in [0.1, 0.15) is 51.3 Å². The Morgan fingerprint density at radius 1 is 0.795 bits per heavy atom. The normalized spacial score (nSPS) is 11.2. The van der Waals surface area contributed by atoms with Gasteiger partial charge < -0.3 is 14.8 Å². The van der Waals surface area contributed by atoms with E-state index >= 15 is 0 Å². The highest BCUT2D eigenvalue weighted by Crippen LogP contribution is 2.28. The lowest BCUT2D eigenvalue weighted by Gasteiger charge is -2.11. The molecule has 5 aromatic rings. The van der Waals surface area contributed by atoms with Gasteiger partial charge in [0.25, 0.3) is 11.8 Å². The van der Waals surface area contributed by atoms with Crippen LogP contribution < -0.4 is 20.2 Å². The molecule has 2 N–H and O–H groups in total. The Bertz CT molecular complexity index is 1860. The van der Waals surface area contributed by atoms with Crippen LogP contribution in [-0.2, 0) is 6.42 Å². The molecular formula is C36H34N4O4. The first kappa shape index (κ1) is 30.0. The van der Waals surface area contributed by atoms with Crippen molar-refractivity contribution in [1.82, 2.24) is 10.4 Å². The summed E-state index contributed by atoms with van der Waals surface area (Å²) in [5, 5.41) is 8.03. The molecule has 0 aliphatic rings. The Labute approximate surface area is 256 Å². The van der Waals surface area contributed by atoms with Crippen LogP contribution in [0.4, 0.5) is 5.69 Å². The fourth-order valence-corrected chi connectivity index (χ4v) is 4.82. The molecule has 0 bridgehead atoms. The quantitative estimate of drug-likeness (QED) is 0.141. The number of anilines is 1. The summed E-state index contributed by atoms with van der Waals surface area (Å²) < 4.78 is 10.5. The van der Waals surface area contributed by atoms with Gasteiger partial charge in [0.05, 0.1) is 36.7 Å². The molecule has 0 aliphatic carbocycles. The van der Waals surface area contributed by atoms with Crippen molar-refractivity contribution in [2.75, 3.05) is 19.5 Å². The Hall–Kier alpha value is -5.50. The van der Waals surface area contributed by atoms with Crippen LogP contribution in [0, 0.1) is 6.92 Å². The Morgan fingerprint density at radius 2 is 1.50 bits per heavy atom. The first-order chi connectivity index (χ1) is 21.3. The van der Waals surface area contributed by atoms with E-state index in [9.17, 15) is 9.59 Å². The van der Waals surface area contributed by atoms with Gasteiger partial charge in [-0.25, -0.2) is 10.4 Å². The van der Waals surface area contributed by atoms with Crippen molar-refractivity contribution in [3.63, 3.8) is 0 Å². The maximum Gasteiger partial charge on any atom is 0.272 e. The number of methoxy groups -OCH3 is 2. The minimum atomic E-state index is -0.326. The molecule has 4 aromatic carbocycles. The molecule has 8 nitrogen and oxygen atoms in total. The summed E-state index contributed by atoms with van der Waals surface area (Å²) in [6, 6.07) is 28.1. The van der Waals surface area contributed by atoms with Crippen LogP contribution in [0.3, 0.4) is 0 Å². The molecular weight excluding hydrogens is 552 g/mol. The lowest BCUT2D eigenvalue weighted by atomic mass is 10.0. The molecule has 1 heterocycles. The van der Waals surface area contributed by atoms with E-state index in [0.29, 0.717) is 34.0 Å². The Morgan fingerprint density at radius 3 is 2.18 bits per heavy atom. The number of nitrogens with one attached hydrogen (secondary N) is 2. The predicted octanol–water partition coefficient (Wildman–Crippen LogP) is 7.20. The largest absolute Gasteiger partial charge is 0.493 e. The van der Waals surface area contributed by atoms with Crippen molar-refractivity contribution >= 4 is 34.1 Å². The average Bonchev–Trinajstić information content (AvgIpc) is 3.06. The number of carbonyl (C=O) groups excluding carboxylic acids is 2. The lowest BCUT2D eigenvalue weighted by Crippen LogP contribution is -2.20. The van der Waals surface area contributed by atoms with Crippen molar-refractivity contribution < 1.29 is 19.1 Å². The molecule has 0 aliphatic heterocycles. The van der Waals surface area contributed by atoms with Gasteiger partial charge in [-0.2, -0.15) is 5.10 Å².